The first-order valence-corrected chi connectivity index (χ1v) is 14.9. The molecule has 1 aliphatic carbocycles. The number of thiazole rings is 1. The van der Waals surface area contributed by atoms with Gasteiger partial charge < -0.3 is 20.4 Å². The third kappa shape index (κ3) is 5.95. The smallest absolute Gasteiger partial charge is 0.329 e. The number of sulfonamides is 1. The molecule has 4 N–H and O–H groups in total. The molecule has 0 bridgehead atoms. The van der Waals surface area contributed by atoms with Gasteiger partial charge in [-0.2, -0.15) is 0 Å². The standard InChI is InChI=1S/C24H31ClN6O5S2/c1-30(2)23(33)14-4-9-17(28-24(34)29-38(35,36)16-7-5-15(25)6-8-16)19(12-14)31(3)11-10-18-20(13-31)37-22(27-18)21(26)32/h5-8,14,17,19H,4,9-13H2,1-3H3,(H3-,26,28,29,32,34)/p+1/t14-,17-,19+,31?/m0/s1. The van der Waals surface area contributed by atoms with E-state index in [0.29, 0.717) is 48.3 Å². The van der Waals surface area contributed by atoms with Gasteiger partial charge in [-0.3, -0.25) is 9.59 Å². The summed E-state index contributed by atoms with van der Waals surface area (Å²) in [6.45, 7) is 1.25. The molecule has 206 valence electrons. The number of carbonyl (C=O) groups is 3. The van der Waals surface area contributed by atoms with Crippen LogP contribution in [0.5, 0.6) is 0 Å². The van der Waals surface area contributed by atoms with E-state index in [1.165, 1.54) is 35.6 Å². The van der Waals surface area contributed by atoms with E-state index in [1.807, 2.05) is 0 Å². The fraction of sp³-hybridized carbons (Fsp3) is 0.500. The highest BCUT2D eigenvalue weighted by Crippen LogP contribution is 2.37. The second-order valence-corrected chi connectivity index (χ2v) is 13.5. The Morgan fingerprint density at radius 1 is 1.18 bits per heavy atom. The van der Waals surface area contributed by atoms with Crippen molar-refractivity contribution >= 4 is 50.8 Å². The fourth-order valence-corrected chi connectivity index (χ4v) is 7.60. The maximum absolute atomic E-state index is 12.9. The third-order valence-electron chi connectivity index (χ3n) is 7.43. The molecule has 2 heterocycles. The molecule has 1 saturated carbocycles. The Morgan fingerprint density at radius 3 is 2.50 bits per heavy atom. The monoisotopic (exact) mass is 583 g/mol. The van der Waals surface area contributed by atoms with E-state index in [0.717, 1.165) is 10.6 Å². The number of nitrogens with zero attached hydrogens (tertiary/aromatic N) is 3. The summed E-state index contributed by atoms with van der Waals surface area (Å²) in [4.78, 5) is 44.3. The Kier molecular flexibility index (Phi) is 8.03. The van der Waals surface area contributed by atoms with Gasteiger partial charge in [-0.15, -0.1) is 11.3 Å². The number of primary amides is 1. The van der Waals surface area contributed by atoms with Crippen molar-refractivity contribution in [2.45, 2.75) is 49.2 Å². The molecule has 14 heteroatoms. The minimum Gasteiger partial charge on any atom is -0.364 e. The zero-order chi connectivity index (χ0) is 27.8. The van der Waals surface area contributed by atoms with Crippen molar-refractivity contribution in [3.63, 3.8) is 0 Å². The Labute approximate surface area is 231 Å². The highest BCUT2D eigenvalue weighted by Gasteiger charge is 2.47. The van der Waals surface area contributed by atoms with Crippen molar-refractivity contribution in [3.05, 3.63) is 44.9 Å². The number of nitrogens with one attached hydrogen (secondary N) is 2. The number of nitrogens with two attached hydrogens (primary N) is 1. The van der Waals surface area contributed by atoms with Gasteiger partial charge >= 0.3 is 6.03 Å². The predicted molar refractivity (Wildman–Crippen MR) is 143 cm³/mol. The van der Waals surface area contributed by atoms with Crippen LogP contribution in [0, 0.1) is 5.92 Å². The normalized spacial score (nSPS) is 25.2. The van der Waals surface area contributed by atoms with Crippen LogP contribution in [0.3, 0.4) is 0 Å². The van der Waals surface area contributed by atoms with Crippen LogP contribution >= 0.6 is 22.9 Å². The maximum atomic E-state index is 12.9. The lowest BCUT2D eigenvalue weighted by Gasteiger charge is -2.49. The molecule has 1 unspecified atom stereocenters. The molecule has 1 fully saturated rings. The number of carbonyl (C=O) groups excluding carboxylic acids is 3. The van der Waals surface area contributed by atoms with Gasteiger partial charge in [0.25, 0.3) is 15.9 Å². The van der Waals surface area contributed by atoms with Crippen molar-refractivity contribution in [2.24, 2.45) is 11.7 Å². The Bertz CT molecular complexity index is 1350. The number of likely N-dealkylation sites (N-methyl/N-ethyl adjacent to an activating group) is 1. The lowest BCUT2D eigenvalue weighted by Crippen LogP contribution is -2.65. The number of rotatable bonds is 6. The van der Waals surface area contributed by atoms with Crippen LogP contribution in [0.15, 0.2) is 29.2 Å². The second-order valence-electron chi connectivity index (χ2n) is 10.3. The zero-order valence-corrected chi connectivity index (χ0v) is 23.8. The number of quaternary nitrogens is 1. The third-order valence-corrected chi connectivity index (χ3v) is 10.1. The fourth-order valence-electron chi connectivity index (χ4n) is 5.45. The highest BCUT2D eigenvalue weighted by atomic mass is 35.5. The van der Waals surface area contributed by atoms with Crippen molar-refractivity contribution in [1.82, 2.24) is 19.9 Å². The molecule has 0 radical (unpaired) electrons. The van der Waals surface area contributed by atoms with Gasteiger partial charge in [0.05, 0.1) is 35.1 Å². The molecule has 4 rings (SSSR count). The Balaban J connectivity index is 1.56. The topological polar surface area (TPSA) is 152 Å². The maximum Gasteiger partial charge on any atom is 0.329 e. The summed E-state index contributed by atoms with van der Waals surface area (Å²) in [7, 11) is 1.41. The Morgan fingerprint density at radius 2 is 1.87 bits per heavy atom. The van der Waals surface area contributed by atoms with Gasteiger partial charge in [-0.05, 0) is 37.1 Å². The molecule has 4 atom stereocenters. The lowest BCUT2D eigenvalue weighted by atomic mass is 9.79. The number of hydrogen-bond donors (Lipinski definition) is 3. The van der Waals surface area contributed by atoms with Crippen LogP contribution in [0.2, 0.25) is 5.02 Å². The summed E-state index contributed by atoms with van der Waals surface area (Å²) >= 11 is 7.13. The molecule has 11 nitrogen and oxygen atoms in total. The van der Waals surface area contributed by atoms with Crippen LogP contribution < -0.4 is 15.8 Å². The summed E-state index contributed by atoms with van der Waals surface area (Å²) in [5.41, 5.74) is 6.30. The molecule has 0 saturated heterocycles. The first-order valence-electron chi connectivity index (χ1n) is 12.2. The molecule has 0 spiro atoms. The highest BCUT2D eigenvalue weighted by molar-refractivity contribution is 7.90. The largest absolute Gasteiger partial charge is 0.364 e. The number of benzene rings is 1. The van der Waals surface area contributed by atoms with Crippen molar-refractivity contribution in [1.29, 1.82) is 0 Å². The molecule has 2 aliphatic rings. The number of aromatic nitrogens is 1. The number of fused-ring (bicyclic) bond motifs is 1. The number of hydrogen-bond acceptors (Lipinski definition) is 7. The predicted octanol–water partition coefficient (Wildman–Crippen LogP) is 1.71. The van der Waals surface area contributed by atoms with E-state index >= 15 is 0 Å². The van der Waals surface area contributed by atoms with E-state index < -0.39 is 22.0 Å². The van der Waals surface area contributed by atoms with Crippen molar-refractivity contribution in [2.75, 3.05) is 27.7 Å². The van der Waals surface area contributed by atoms with Crippen molar-refractivity contribution < 1.29 is 27.3 Å². The first-order chi connectivity index (χ1) is 17.8. The molecular formula is C24H32ClN6O5S2+. The number of halogens is 1. The van der Waals surface area contributed by atoms with Crippen LogP contribution in [0.1, 0.15) is 39.6 Å². The second kappa shape index (κ2) is 10.8. The zero-order valence-electron chi connectivity index (χ0n) is 21.4. The summed E-state index contributed by atoms with van der Waals surface area (Å²) < 4.78 is 28.1. The van der Waals surface area contributed by atoms with Gasteiger partial charge in [0.2, 0.25) is 5.91 Å². The quantitative estimate of drug-likeness (QED) is 0.440. The molecule has 38 heavy (non-hydrogen) atoms. The van der Waals surface area contributed by atoms with Crippen LogP contribution in [-0.4, -0.2) is 80.4 Å². The van der Waals surface area contributed by atoms with Gasteiger partial charge in [0.1, 0.15) is 12.6 Å². The minimum atomic E-state index is -4.10. The SMILES string of the molecule is CN(C)C(=O)[C@H]1CC[C@H](NC(=O)NS(=O)(=O)c2ccc(Cl)cc2)[C@H]([N+]2(C)CCc3nc(C(N)=O)sc3C2)C1. The van der Waals surface area contributed by atoms with Crippen LogP contribution in [0.4, 0.5) is 4.79 Å². The van der Waals surface area contributed by atoms with Crippen LogP contribution in [-0.2, 0) is 27.8 Å². The van der Waals surface area contributed by atoms with E-state index in [2.05, 4.69) is 22.1 Å². The molecule has 4 amide bonds. The van der Waals surface area contributed by atoms with Crippen molar-refractivity contribution in [3.8, 4) is 0 Å². The van der Waals surface area contributed by atoms with Gasteiger partial charge in [-0.25, -0.2) is 22.9 Å². The average Bonchev–Trinajstić information content (AvgIpc) is 3.27. The summed E-state index contributed by atoms with van der Waals surface area (Å²) in [5.74, 6) is -0.750. The van der Waals surface area contributed by atoms with E-state index in [1.54, 1.807) is 19.0 Å². The number of urea groups is 1. The molecule has 1 aromatic heterocycles. The minimum absolute atomic E-state index is 0.0290. The van der Waals surface area contributed by atoms with Gasteiger partial charge in [0, 0.05) is 37.9 Å². The van der Waals surface area contributed by atoms with E-state index in [4.69, 9.17) is 17.3 Å². The summed E-state index contributed by atoms with van der Waals surface area (Å²) in [6, 6.07) is 4.14. The lowest BCUT2D eigenvalue weighted by molar-refractivity contribution is -0.950. The van der Waals surface area contributed by atoms with Gasteiger partial charge in [-0.1, -0.05) is 11.6 Å². The first kappa shape index (κ1) is 28.3. The average molecular weight is 584 g/mol. The molecule has 1 aliphatic heterocycles. The van der Waals surface area contributed by atoms with Gasteiger partial charge in [0.15, 0.2) is 5.01 Å². The molecule has 1 aromatic carbocycles. The molecular weight excluding hydrogens is 552 g/mol. The summed E-state index contributed by atoms with van der Waals surface area (Å²) in [5, 5.41) is 3.54. The van der Waals surface area contributed by atoms with E-state index in [-0.39, 0.29) is 33.8 Å². The van der Waals surface area contributed by atoms with E-state index in [9.17, 15) is 22.8 Å². The van der Waals surface area contributed by atoms with Crippen LogP contribution in [0.25, 0.3) is 0 Å². The molecule has 2 aromatic rings. The summed E-state index contributed by atoms with van der Waals surface area (Å²) in [6.07, 6.45) is 2.24. The number of amides is 4. The Hall–Kier alpha value is -2.74.